The highest BCUT2D eigenvalue weighted by Crippen LogP contribution is 2.38. The first kappa shape index (κ1) is 37.0. The number of ether oxygens (including phenoxy) is 1. The largest absolute Gasteiger partial charge is 0.495 e. The van der Waals surface area contributed by atoms with Crippen LogP contribution in [0.15, 0.2) is 59.4 Å². The van der Waals surface area contributed by atoms with Crippen LogP contribution < -0.4 is 25.8 Å². The lowest BCUT2D eigenvalue weighted by atomic mass is 10.1. The average Bonchev–Trinajstić information content (AvgIpc) is 3.52. The minimum absolute atomic E-state index is 0.0290. The zero-order valence-electron chi connectivity index (χ0n) is 28.0. The fraction of sp³-hybridized carbons (Fsp3) is 0.351. The van der Waals surface area contributed by atoms with Crippen LogP contribution in [0.2, 0.25) is 15.1 Å². The lowest BCUT2D eigenvalue weighted by Gasteiger charge is -2.16. The Morgan fingerprint density at radius 1 is 0.780 bits per heavy atom. The molecule has 0 bridgehead atoms. The maximum absolute atomic E-state index is 14.1. The van der Waals surface area contributed by atoms with E-state index in [4.69, 9.17) is 39.5 Å². The highest BCUT2D eigenvalue weighted by molar-refractivity contribution is 6.40. The van der Waals surface area contributed by atoms with Gasteiger partial charge < -0.3 is 15.4 Å². The van der Waals surface area contributed by atoms with E-state index in [2.05, 4.69) is 22.7 Å². The quantitative estimate of drug-likeness (QED) is 0.0731. The SMILES string of the molecule is CCCCCCCCCCCCC(=O)Nc1ccc(OC)c(Nc2[nH]n(-c3c(Cl)cc(Cl)cc3Cl)c(=O)c2N2C(=O)c3ccccc3C2=O)c1. The molecule has 13 heteroatoms. The van der Waals surface area contributed by atoms with Gasteiger partial charge in [-0.3, -0.25) is 24.3 Å². The van der Waals surface area contributed by atoms with E-state index in [1.54, 1.807) is 30.3 Å². The van der Waals surface area contributed by atoms with Gasteiger partial charge in [0.15, 0.2) is 11.5 Å². The first-order chi connectivity index (χ1) is 24.1. The molecule has 0 spiro atoms. The fourth-order valence-corrected chi connectivity index (χ4v) is 7.02. The van der Waals surface area contributed by atoms with Gasteiger partial charge >= 0.3 is 0 Å². The molecule has 2 heterocycles. The molecule has 0 atom stereocenters. The van der Waals surface area contributed by atoms with Crippen molar-refractivity contribution >= 4 is 75.4 Å². The summed E-state index contributed by atoms with van der Waals surface area (Å²) < 4.78 is 6.60. The van der Waals surface area contributed by atoms with Crippen molar-refractivity contribution < 1.29 is 19.1 Å². The standard InChI is InChI=1S/C37H40Cl3N5O5/c1-3-4-5-6-7-8-9-10-11-12-17-31(46)41-24-18-19-30(50-2)29(22-24)42-34-33(44-35(47)25-15-13-14-16-26(25)36(44)48)37(49)45(43-34)32-27(39)20-23(38)21-28(32)40/h13-16,18-22,42-43H,3-12,17H2,1-2H3,(H,41,46). The van der Waals surface area contributed by atoms with Gasteiger partial charge in [-0.15, -0.1) is 0 Å². The molecule has 0 saturated heterocycles. The van der Waals surface area contributed by atoms with Crippen molar-refractivity contribution in [2.45, 2.75) is 77.6 Å². The third-order valence-corrected chi connectivity index (χ3v) is 9.38. The van der Waals surface area contributed by atoms with E-state index in [1.165, 1.54) is 76.3 Å². The molecule has 10 nitrogen and oxygen atoms in total. The van der Waals surface area contributed by atoms with Crippen LogP contribution in [-0.4, -0.2) is 34.6 Å². The number of benzene rings is 3. The Balaban J connectivity index is 1.38. The predicted octanol–water partition coefficient (Wildman–Crippen LogP) is 9.93. The molecule has 264 valence electrons. The summed E-state index contributed by atoms with van der Waals surface area (Å²) in [6.07, 6.45) is 12.1. The number of amides is 3. The first-order valence-corrected chi connectivity index (χ1v) is 18.0. The molecule has 0 saturated carbocycles. The van der Waals surface area contributed by atoms with Crippen LogP contribution in [0.25, 0.3) is 5.69 Å². The zero-order chi connectivity index (χ0) is 35.8. The number of methoxy groups -OCH3 is 1. The third kappa shape index (κ3) is 8.37. The topological polar surface area (TPSA) is 126 Å². The number of unbranched alkanes of at least 4 members (excludes halogenated alkanes) is 9. The Hall–Kier alpha value is -4.25. The summed E-state index contributed by atoms with van der Waals surface area (Å²) in [7, 11) is 1.47. The summed E-state index contributed by atoms with van der Waals surface area (Å²) in [5, 5.41) is 9.32. The van der Waals surface area contributed by atoms with Crippen LogP contribution in [0.4, 0.5) is 22.9 Å². The van der Waals surface area contributed by atoms with Gasteiger partial charge in [0, 0.05) is 17.1 Å². The van der Waals surface area contributed by atoms with Crippen LogP contribution in [0.1, 0.15) is 98.3 Å². The summed E-state index contributed by atoms with van der Waals surface area (Å²) in [4.78, 5) is 54.9. The molecule has 3 amide bonds. The van der Waals surface area contributed by atoms with Gasteiger partial charge in [0.05, 0.1) is 34.0 Å². The Kier molecular flexibility index (Phi) is 12.7. The molecule has 1 aliphatic rings. The zero-order valence-corrected chi connectivity index (χ0v) is 30.3. The summed E-state index contributed by atoms with van der Waals surface area (Å²) in [6.45, 7) is 2.22. The molecule has 0 fully saturated rings. The molecule has 3 aromatic carbocycles. The van der Waals surface area contributed by atoms with Crippen molar-refractivity contribution in [1.82, 2.24) is 9.78 Å². The van der Waals surface area contributed by atoms with E-state index in [1.807, 2.05) is 0 Å². The highest BCUT2D eigenvalue weighted by atomic mass is 35.5. The molecular weight excluding hydrogens is 701 g/mol. The lowest BCUT2D eigenvalue weighted by molar-refractivity contribution is -0.116. The number of H-pyrrole nitrogens is 1. The Morgan fingerprint density at radius 3 is 1.94 bits per heavy atom. The lowest BCUT2D eigenvalue weighted by Crippen LogP contribution is -2.34. The van der Waals surface area contributed by atoms with E-state index >= 15 is 0 Å². The number of aromatic amines is 1. The normalized spacial score (nSPS) is 12.4. The van der Waals surface area contributed by atoms with Crippen LogP contribution in [-0.2, 0) is 4.79 Å². The summed E-state index contributed by atoms with van der Waals surface area (Å²) in [6, 6.07) is 14.1. The maximum atomic E-state index is 14.1. The van der Waals surface area contributed by atoms with Crippen molar-refractivity contribution in [2.24, 2.45) is 0 Å². The maximum Gasteiger partial charge on any atom is 0.298 e. The third-order valence-electron chi connectivity index (χ3n) is 8.59. The van der Waals surface area contributed by atoms with Gasteiger partial charge in [0.2, 0.25) is 5.91 Å². The van der Waals surface area contributed by atoms with Gasteiger partial charge in [-0.1, -0.05) is 112 Å². The molecule has 0 unspecified atom stereocenters. The molecule has 1 aliphatic heterocycles. The van der Waals surface area contributed by atoms with Crippen LogP contribution in [0.3, 0.4) is 0 Å². The second kappa shape index (κ2) is 17.1. The number of halogens is 3. The number of anilines is 4. The summed E-state index contributed by atoms with van der Waals surface area (Å²) in [5.74, 6) is -1.14. The summed E-state index contributed by atoms with van der Waals surface area (Å²) >= 11 is 19.1. The van der Waals surface area contributed by atoms with E-state index in [0.717, 1.165) is 28.8 Å². The van der Waals surface area contributed by atoms with E-state index in [0.29, 0.717) is 23.5 Å². The molecule has 0 radical (unpaired) electrons. The fourth-order valence-electron chi connectivity index (χ4n) is 6.04. The number of rotatable bonds is 17. The number of nitrogens with zero attached hydrogens (tertiary/aromatic N) is 2. The number of carbonyl (C=O) groups excluding carboxylic acids is 3. The predicted molar refractivity (Wildman–Crippen MR) is 200 cm³/mol. The van der Waals surface area contributed by atoms with Crippen molar-refractivity contribution in [3.8, 4) is 11.4 Å². The van der Waals surface area contributed by atoms with Gasteiger partial charge in [0.25, 0.3) is 17.4 Å². The molecule has 50 heavy (non-hydrogen) atoms. The number of imide groups is 1. The number of carbonyl (C=O) groups is 3. The van der Waals surface area contributed by atoms with Gasteiger partial charge in [-0.2, -0.15) is 0 Å². The number of fused-ring (bicyclic) bond motifs is 1. The molecule has 1 aromatic heterocycles. The molecule has 3 N–H and O–H groups in total. The van der Waals surface area contributed by atoms with E-state index < -0.39 is 17.4 Å². The van der Waals surface area contributed by atoms with Crippen molar-refractivity contribution in [1.29, 1.82) is 0 Å². The van der Waals surface area contributed by atoms with E-state index in [-0.39, 0.29) is 49.3 Å². The molecule has 4 aromatic rings. The number of aromatic nitrogens is 2. The second-order valence-electron chi connectivity index (χ2n) is 12.2. The number of nitrogens with one attached hydrogen (secondary N) is 3. The Morgan fingerprint density at radius 2 is 1.36 bits per heavy atom. The van der Waals surface area contributed by atoms with Crippen LogP contribution in [0, 0.1) is 0 Å². The Labute approximate surface area is 306 Å². The van der Waals surface area contributed by atoms with Gasteiger partial charge in [-0.05, 0) is 48.9 Å². The van der Waals surface area contributed by atoms with Crippen molar-refractivity contribution in [2.75, 3.05) is 22.6 Å². The minimum atomic E-state index is -0.784. The van der Waals surface area contributed by atoms with Crippen LogP contribution in [0.5, 0.6) is 5.75 Å². The van der Waals surface area contributed by atoms with Gasteiger partial charge in [-0.25, -0.2) is 9.58 Å². The number of hydrogen-bond donors (Lipinski definition) is 3. The number of hydrogen-bond acceptors (Lipinski definition) is 6. The van der Waals surface area contributed by atoms with Crippen LogP contribution >= 0.6 is 34.8 Å². The van der Waals surface area contributed by atoms with Crippen molar-refractivity contribution in [3.05, 3.63) is 91.1 Å². The molecule has 5 rings (SSSR count). The second-order valence-corrected chi connectivity index (χ2v) is 13.5. The highest BCUT2D eigenvalue weighted by Gasteiger charge is 2.40. The van der Waals surface area contributed by atoms with Gasteiger partial charge in [0.1, 0.15) is 11.4 Å². The minimum Gasteiger partial charge on any atom is -0.495 e. The monoisotopic (exact) mass is 739 g/mol. The Bertz CT molecular complexity index is 1880. The summed E-state index contributed by atoms with van der Waals surface area (Å²) in [5.41, 5.74) is 0.116. The first-order valence-electron chi connectivity index (χ1n) is 16.9. The van der Waals surface area contributed by atoms with E-state index in [9.17, 15) is 19.2 Å². The molecular formula is C37H40Cl3N5O5. The molecule has 0 aliphatic carbocycles. The average molecular weight is 741 g/mol. The smallest absolute Gasteiger partial charge is 0.298 e. The van der Waals surface area contributed by atoms with Crippen molar-refractivity contribution in [3.63, 3.8) is 0 Å².